The van der Waals surface area contributed by atoms with Crippen molar-refractivity contribution in [2.45, 2.75) is 6.92 Å². The number of carbonyl (C=O) groups is 1. The molecule has 120 valence electrons. The summed E-state index contributed by atoms with van der Waals surface area (Å²) in [5.41, 5.74) is 9.73. The molecule has 5 nitrogen and oxygen atoms in total. The van der Waals surface area contributed by atoms with Crippen molar-refractivity contribution in [1.82, 2.24) is 9.97 Å². The number of anilines is 2. The van der Waals surface area contributed by atoms with E-state index in [-0.39, 0.29) is 5.91 Å². The van der Waals surface area contributed by atoms with E-state index in [1.54, 1.807) is 18.1 Å². The monoisotopic (exact) mass is 318 g/mol. The molecule has 5 heteroatoms. The van der Waals surface area contributed by atoms with Crippen molar-refractivity contribution in [3.63, 3.8) is 0 Å². The van der Waals surface area contributed by atoms with E-state index in [0.29, 0.717) is 17.1 Å². The van der Waals surface area contributed by atoms with Gasteiger partial charge < -0.3 is 10.6 Å². The molecule has 2 aromatic carbocycles. The molecule has 3 rings (SSSR count). The van der Waals surface area contributed by atoms with Crippen molar-refractivity contribution in [2.75, 3.05) is 17.7 Å². The summed E-state index contributed by atoms with van der Waals surface area (Å²) < 4.78 is 0. The Morgan fingerprint density at radius 1 is 1.04 bits per heavy atom. The van der Waals surface area contributed by atoms with Crippen LogP contribution in [0, 0.1) is 6.92 Å². The molecule has 0 unspecified atom stereocenters. The third-order valence-corrected chi connectivity index (χ3v) is 3.80. The lowest BCUT2D eigenvalue weighted by molar-refractivity contribution is 0.0993. The third-order valence-electron chi connectivity index (χ3n) is 3.80. The van der Waals surface area contributed by atoms with Crippen molar-refractivity contribution in [2.24, 2.45) is 0 Å². The second kappa shape index (κ2) is 6.50. The number of benzene rings is 2. The fourth-order valence-corrected chi connectivity index (χ4v) is 2.37. The Balaban J connectivity index is 1.89. The molecular weight excluding hydrogens is 300 g/mol. The highest BCUT2D eigenvalue weighted by Gasteiger charge is 2.14. The molecule has 0 saturated carbocycles. The molecule has 0 saturated heterocycles. The van der Waals surface area contributed by atoms with Crippen molar-refractivity contribution in [3.05, 3.63) is 72.1 Å². The number of nitrogens with two attached hydrogens (primary N) is 1. The second-order valence-corrected chi connectivity index (χ2v) is 5.61. The molecule has 1 aromatic heterocycles. The third kappa shape index (κ3) is 3.25. The van der Waals surface area contributed by atoms with Crippen LogP contribution >= 0.6 is 0 Å². The minimum absolute atomic E-state index is 0.0597. The first kappa shape index (κ1) is 15.7. The van der Waals surface area contributed by atoms with Crippen LogP contribution < -0.4 is 10.6 Å². The van der Waals surface area contributed by atoms with Crippen LogP contribution in [-0.4, -0.2) is 22.9 Å². The van der Waals surface area contributed by atoms with Crippen LogP contribution in [0.4, 0.5) is 11.5 Å². The van der Waals surface area contributed by atoms with Gasteiger partial charge >= 0.3 is 0 Å². The highest BCUT2D eigenvalue weighted by atomic mass is 16.2. The standard InChI is InChI=1S/C19H18N4O/c1-13-6-8-14(9-7-13)19(24)23(2)16-5-3-4-15(10-16)17-11-22-18(20)12-21-17/h3-12H,1-2H3,(H2,20,22). The van der Waals surface area contributed by atoms with Crippen molar-refractivity contribution >= 4 is 17.4 Å². The predicted molar refractivity (Wildman–Crippen MR) is 95.8 cm³/mol. The highest BCUT2D eigenvalue weighted by molar-refractivity contribution is 6.06. The molecule has 2 N–H and O–H groups in total. The lowest BCUT2D eigenvalue weighted by atomic mass is 10.1. The van der Waals surface area contributed by atoms with Gasteiger partial charge in [0.1, 0.15) is 5.82 Å². The fraction of sp³-hybridized carbons (Fsp3) is 0.105. The van der Waals surface area contributed by atoms with Crippen molar-refractivity contribution in [1.29, 1.82) is 0 Å². The van der Waals surface area contributed by atoms with Gasteiger partial charge in [0.05, 0.1) is 18.1 Å². The van der Waals surface area contributed by atoms with Gasteiger partial charge in [-0.1, -0.05) is 29.8 Å². The zero-order chi connectivity index (χ0) is 17.1. The topological polar surface area (TPSA) is 72.1 Å². The van der Waals surface area contributed by atoms with Gasteiger partial charge in [0.15, 0.2) is 0 Å². The van der Waals surface area contributed by atoms with Crippen LogP contribution in [0.25, 0.3) is 11.3 Å². The van der Waals surface area contributed by atoms with Gasteiger partial charge in [-0.15, -0.1) is 0 Å². The molecule has 0 fully saturated rings. The van der Waals surface area contributed by atoms with E-state index in [9.17, 15) is 4.79 Å². The number of nitrogens with zero attached hydrogens (tertiary/aromatic N) is 3. The fourth-order valence-electron chi connectivity index (χ4n) is 2.37. The maximum absolute atomic E-state index is 12.6. The number of carbonyl (C=O) groups excluding carboxylic acids is 1. The van der Waals surface area contributed by atoms with Crippen LogP contribution in [0.5, 0.6) is 0 Å². The Bertz CT molecular complexity index is 857. The average Bonchev–Trinajstić information content (AvgIpc) is 2.62. The summed E-state index contributed by atoms with van der Waals surface area (Å²) >= 11 is 0. The van der Waals surface area contributed by atoms with Crippen LogP contribution in [0.1, 0.15) is 15.9 Å². The highest BCUT2D eigenvalue weighted by Crippen LogP contribution is 2.23. The minimum atomic E-state index is -0.0597. The van der Waals surface area contributed by atoms with Gasteiger partial charge in [-0.05, 0) is 31.2 Å². The summed E-state index contributed by atoms with van der Waals surface area (Å²) in [7, 11) is 1.76. The quantitative estimate of drug-likeness (QED) is 0.804. The lowest BCUT2D eigenvalue weighted by Crippen LogP contribution is -2.26. The van der Waals surface area contributed by atoms with Gasteiger partial charge in [0.25, 0.3) is 5.91 Å². The summed E-state index contributed by atoms with van der Waals surface area (Å²) in [6, 6.07) is 15.2. The number of amides is 1. The summed E-state index contributed by atoms with van der Waals surface area (Å²) in [5.74, 6) is 0.317. The molecular formula is C19H18N4O. The Labute approximate surface area is 140 Å². The van der Waals surface area contributed by atoms with Gasteiger partial charge in [0.2, 0.25) is 0 Å². The molecule has 0 aliphatic rings. The van der Waals surface area contributed by atoms with Gasteiger partial charge in [-0.25, -0.2) is 4.98 Å². The average molecular weight is 318 g/mol. The van der Waals surface area contributed by atoms with E-state index in [1.807, 2.05) is 55.5 Å². The number of hydrogen-bond acceptors (Lipinski definition) is 4. The van der Waals surface area contributed by atoms with E-state index in [4.69, 9.17) is 5.73 Å². The predicted octanol–water partition coefficient (Wildman–Crippen LogP) is 3.31. The molecule has 1 heterocycles. The largest absolute Gasteiger partial charge is 0.382 e. The zero-order valence-corrected chi connectivity index (χ0v) is 13.6. The first-order valence-electron chi connectivity index (χ1n) is 7.57. The summed E-state index contributed by atoms with van der Waals surface area (Å²) in [6.45, 7) is 2.00. The van der Waals surface area contributed by atoms with Crippen LogP contribution in [0.15, 0.2) is 60.9 Å². The normalized spacial score (nSPS) is 10.4. The Kier molecular flexibility index (Phi) is 4.24. The lowest BCUT2D eigenvalue weighted by Gasteiger charge is -2.18. The van der Waals surface area contributed by atoms with Gasteiger partial charge in [0, 0.05) is 23.9 Å². The van der Waals surface area contributed by atoms with E-state index >= 15 is 0 Å². The smallest absolute Gasteiger partial charge is 0.258 e. The summed E-state index contributed by atoms with van der Waals surface area (Å²) in [6.07, 6.45) is 3.14. The molecule has 0 spiro atoms. The molecule has 0 bridgehead atoms. The molecule has 0 aliphatic carbocycles. The Morgan fingerprint density at radius 3 is 2.46 bits per heavy atom. The number of rotatable bonds is 3. The molecule has 0 atom stereocenters. The van der Waals surface area contributed by atoms with Crippen LogP contribution in [0.2, 0.25) is 0 Å². The van der Waals surface area contributed by atoms with Gasteiger partial charge in [-0.3, -0.25) is 9.78 Å². The number of aromatic nitrogens is 2. The van der Waals surface area contributed by atoms with Crippen LogP contribution in [0.3, 0.4) is 0 Å². The molecule has 0 aliphatic heterocycles. The number of nitrogen functional groups attached to an aromatic ring is 1. The summed E-state index contributed by atoms with van der Waals surface area (Å²) in [5, 5.41) is 0. The number of hydrogen-bond donors (Lipinski definition) is 1. The van der Waals surface area contributed by atoms with Crippen LogP contribution in [-0.2, 0) is 0 Å². The van der Waals surface area contributed by atoms with Crippen molar-refractivity contribution in [3.8, 4) is 11.3 Å². The summed E-state index contributed by atoms with van der Waals surface area (Å²) in [4.78, 5) is 22.6. The van der Waals surface area contributed by atoms with Gasteiger partial charge in [-0.2, -0.15) is 0 Å². The molecule has 0 radical (unpaired) electrons. The molecule has 24 heavy (non-hydrogen) atoms. The Morgan fingerprint density at radius 2 is 1.79 bits per heavy atom. The minimum Gasteiger partial charge on any atom is -0.382 e. The van der Waals surface area contributed by atoms with E-state index in [1.165, 1.54) is 6.20 Å². The van der Waals surface area contributed by atoms with E-state index in [0.717, 1.165) is 16.8 Å². The SMILES string of the molecule is Cc1ccc(C(=O)N(C)c2cccc(-c3cnc(N)cn3)c2)cc1. The molecule has 1 amide bonds. The van der Waals surface area contributed by atoms with Crippen molar-refractivity contribution < 1.29 is 4.79 Å². The Hall–Kier alpha value is -3.21. The second-order valence-electron chi connectivity index (χ2n) is 5.61. The maximum atomic E-state index is 12.6. The van der Waals surface area contributed by atoms with E-state index in [2.05, 4.69) is 9.97 Å². The maximum Gasteiger partial charge on any atom is 0.258 e. The van der Waals surface area contributed by atoms with E-state index < -0.39 is 0 Å². The number of aryl methyl sites for hydroxylation is 1. The first-order chi connectivity index (χ1) is 11.5. The zero-order valence-electron chi connectivity index (χ0n) is 13.6. The molecule has 3 aromatic rings. The first-order valence-corrected chi connectivity index (χ1v) is 7.57.